The molecule has 0 aliphatic carbocycles. The van der Waals surface area contributed by atoms with E-state index >= 15 is 0 Å². The molecule has 1 aliphatic rings. The molecule has 0 radical (unpaired) electrons. The third-order valence-electron chi connectivity index (χ3n) is 5.95. The van der Waals surface area contributed by atoms with Crippen molar-refractivity contribution >= 4 is 22.8 Å². The molecular weight excluding hydrogens is 404 g/mol. The molecule has 2 aromatic carbocycles. The van der Waals surface area contributed by atoms with Gasteiger partial charge in [-0.3, -0.25) is 9.59 Å². The molecule has 1 N–H and O–H groups in total. The van der Waals surface area contributed by atoms with Gasteiger partial charge in [0.25, 0.3) is 11.8 Å². The van der Waals surface area contributed by atoms with Crippen molar-refractivity contribution in [2.24, 2.45) is 0 Å². The van der Waals surface area contributed by atoms with Crippen molar-refractivity contribution in [3.8, 4) is 5.75 Å². The molecule has 32 heavy (non-hydrogen) atoms. The van der Waals surface area contributed by atoms with E-state index in [2.05, 4.69) is 23.8 Å². The average Bonchev–Trinajstić information content (AvgIpc) is 3.13. The quantitative estimate of drug-likeness (QED) is 0.662. The average molecular weight is 435 g/mol. The summed E-state index contributed by atoms with van der Waals surface area (Å²) in [6.07, 6.45) is 1.77. The lowest BCUT2D eigenvalue weighted by molar-refractivity contribution is -0.137. The van der Waals surface area contributed by atoms with Gasteiger partial charge in [-0.15, -0.1) is 0 Å². The van der Waals surface area contributed by atoms with Gasteiger partial charge >= 0.3 is 0 Å². The highest BCUT2D eigenvalue weighted by Gasteiger charge is 2.27. The minimum absolute atomic E-state index is 0.0223. The molecule has 168 valence electrons. The standard InChI is InChI=1S/C25H30N4O3/c1-17(2)20-7-4-5-8-23(20)32-18(3)24(30)28-11-6-12-29(14-13-28)25(31)19-9-10-21-22(15-19)27-16-26-21/h4-5,7-10,15-18H,6,11-14H2,1-3H3,(H,26,27). The Balaban J connectivity index is 1.39. The summed E-state index contributed by atoms with van der Waals surface area (Å²) in [6, 6.07) is 13.3. The van der Waals surface area contributed by atoms with Crippen LogP contribution in [0.25, 0.3) is 11.0 Å². The fourth-order valence-corrected chi connectivity index (χ4v) is 4.15. The first-order chi connectivity index (χ1) is 15.4. The Morgan fingerprint density at radius 1 is 1.00 bits per heavy atom. The number of benzene rings is 2. The highest BCUT2D eigenvalue weighted by Crippen LogP contribution is 2.27. The van der Waals surface area contributed by atoms with Gasteiger partial charge in [0.1, 0.15) is 5.75 Å². The molecule has 1 aliphatic heterocycles. The third-order valence-corrected chi connectivity index (χ3v) is 5.95. The highest BCUT2D eigenvalue weighted by atomic mass is 16.5. The Hall–Kier alpha value is -3.35. The predicted octanol–water partition coefficient (Wildman–Crippen LogP) is 3.83. The van der Waals surface area contributed by atoms with Crippen molar-refractivity contribution in [2.45, 2.75) is 39.2 Å². The number of para-hydroxylation sites is 1. The number of rotatable bonds is 5. The van der Waals surface area contributed by atoms with E-state index in [1.54, 1.807) is 19.3 Å². The predicted molar refractivity (Wildman–Crippen MR) is 124 cm³/mol. The topological polar surface area (TPSA) is 78.5 Å². The van der Waals surface area contributed by atoms with E-state index in [-0.39, 0.29) is 11.8 Å². The molecule has 2 amide bonds. The SMILES string of the molecule is CC(Oc1ccccc1C(C)C)C(=O)N1CCCN(C(=O)c2ccc3nc[nH]c3c2)CC1. The summed E-state index contributed by atoms with van der Waals surface area (Å²) in [5.41, 5.74) is 3.40. The molecule has 1 aromatic heterocycles. The minimum Gasteiger partial charge on any atom is -0.481 e. The van der Waals surface area contributed by atoms with Gasteiger partial charge in [-0.25, -0.2) is 4.98 Å². The molecule has 7 nitrogen and oxygen atoms in total. The number of fused-ring (bicyclic) bond motifs is 1. The summed E-state index contributed by atoms with van der Waals surface area (Å²) < 4.78 is 6.06. The smallest absolute Gasteiger partial charge is 0.263 e. The lowest BCUT2D eigenvalue weighted by atomic mass is 10.0. The van der Waals surface area contributed by atoms with E-state index in [0.29, 0.717) is 37.7 Å². The van der Waals surface area contributed by atoms with Crippen LogP contribution < -0.4 is 4.74 Å². The maximum Gasteiger partial charge on any atom is 0.263 e. The van der Waals surface area contributed by atoms with Crippen LogP contribution in [0.2, 0.25) is 0 Å². The Bertz CT molecular complexity index is 1110. The molecule has 4 rings (SSSR count). The van der Waals surface area contributed by atoms with Crippen LogP contribution >= 0.6 is 0 Å². The second kappa shape index (κ2) is 9.42. The molecule has 0 saturated carbocycles. The number of aromatic amines is 1. The third kappa shape index (κ3) is 4.61. The van der Waals surface area contributed by atoms with E-state index in [1.807, 2.05) is 46.2 Å². The van der Waals surface area contributed by atoms with E-state index in [4.69, 9.17) is 4.74 Å². The van der Waals surface area contributed by atoms with Gasteiger partial charge in [0.2, 0.25) is 0 Å². The van der Waals surface area contributed by atoms with Gasteiger partial charge in [0, 0.05) is 31.7 Å². The van der Waals surface area contributed by atoms with Gasteiger partial charge < -0.3 is 19.5 Å². The number of nitrogens with one attached hydrogen (secondary N) is 1. The van der Waals surface area contributed by atoms with Crippen LogP contribution in [0.1, 0.15) is 49.0 Å². The van der Waals surface area contributed by atoms with Crippen molar-refractivity contribution < 1.29 is 14.3 Å². The van der Waals surface area contributed by atoms with E-state index in [9.17, 15) is 9.59 Å². The van der Waals surface area contributed by atoms with Crippen LogP contribution in [0.3, 0.4) is 0 Å². The fraction of sp³-hybridized carbons (Fsp3) is 0.400. The van der Waals surface area contributed by atoms with Gasteiger partial charge in [-0.2, -0.15) is 0 Å². The van der Waals surface area contributed by atoms with Gasteiger partial charge in [0.15, 0.2) is 6.10 Å². The van der Waals surface area contributed by atoms with E-state index in [1.165, 1.54) is 0 Å². The summed E-state index contributed by atoms with van der Waals surface area (Å²) in [5, 5.41) is 0. The monoisotopic (exact) mass is 434 g/mol. The summed E-state index contributed by atoms with van der Waals surface area (Å²) >= 11 is 0. The number of imidazole rings is 1. The molecule has 1 saturated heterocycles. The number of amides is 2. The Morgan fingerprint density at radius 3 is 2.56 bits per heavy atom. The molecule has 0 bridgehead atoms. The van der Waals surface area contributed by atoms with Crippen LogP contribution in [-0.4, -0.2) is 63.9 Å². The number of aromatic nitrogens is 2. The van der Waals surface area contributed by atoms with E-state index in [0.717, 1.165) is 28.8 Å². The zero-order valence-electron chi connectivity index (χ0n) is 18.9. The van der Waals surface area contributed by atoms with Crippen LogP contribution in [-0.2, 0) is 4.79 Å². The Kier molecular flexibility index (Phi) is 6.44. The summed E-state index contributed by atoms with van der Waals surface area (Å²) in [5.74, 6) is 0.999. The Labute approximate surface area is 188 Å². The molecule has 7 heteroatoms. The number of carbonyl (C=O) groups excluding carboxylic acids is 2. The first-order valence-electron chi connectivity index (χ1n) is 11.2. The van der Waals surface area contributed by atoms with Crippen molar-refractivity contribution in [1.29, 1.82) is 0 Å². The normalized spacial score (nSPS) is 15.6. The zero-order chi connectivity index (χ0) is 22.7. The maximum absolute atomic E-state index is 13.1. The summed E-state index contributed by atoms with van der Waals surface area (Å²) in [6.45, 7) is 8.25. The van der Waals surface area contributed by atoms with Gasteiger partial charge in [0.05, 0.1) is 17.4 Å². The lowest BCUT2D eigenvalue weighted by Gasteiger charge is -2.26. The number of carbonyl (C=O) groups is 2. The summed E-state index contributed by atoms with van der Waals surface area (Å²) in [4.78, 5) is 37.0. The second-order valence-electron chi connectivity index (χ2n) is 8.56. The molecular formula is C25H30N4O3. The maximum atomic E-state index is 13.1. The number of hydrogen-bond donors (Lipinski definition) is 1. The first kappa shape index (κ1) is 21.9. The van der Waals surface area contributed by atoms with Crippen molar-refractivity contribution in [3.05, 3.63) is 59.9 Å². The van der Waals surface area contributed by atoms with Gasteiger partial charge in [-0.05, 0) is 49.1 Å². The molecule has 1 unspecified atom stereocenters. The van der Waals surface area contributed by atoms with Crippen molar-refractivity contribution in [3.63, 3.8) is 0 Å². The Morgan fingerprint density at radius 2 is 1.75 bits per heavy atom. The van der Waals surface area contributed by atoms with Crippen LogP contribution in [0, 0.1) is 0 Å². The molecule has 2 heterocycles. The number of hydrogen-bond acceptors (Lipinski definition) is 4. The summed E-state index contributed by atoms with van der Waals surface area (Å²) in [7, 11) is 0. The first-order valence-corrected chi connectivity index (χ1v) is 11.2. The van der Waals surface area contributed by atoms with Crippen molar-refractivity contribution in [1.82, 2.24) is 19.8 Å². The largest absolute Gasteiger partial charge is 0.481 e. The van der Waals surface area contributed by atoms with Gasteiger partial charge in [-0.1, -0.05) is 32.0 Å². The fourth-order valence-electron chi connectivity index (χ4n) is 4.15. The van der Waals surface area contributed by atoms with Crippen molar-refractivity contribution in [2.75, 3.05) is 26.2 Å². The number of H-pyrrole nitrogens is 1. The number of nitrogens with zero attached hydrogens (tertiary/aromatic N) is 3. The van der Waals surface area contributed by atoms with Crippen LogP contribution in [0.4, 0.5) is 0 Å². The number of ether oxygens (including phenoxy) is 1. The molecule has 3 aromatic rings. The molecule has 1 fully saturated rings. The van der Waals surface area contributed by atoms with E-state index < -0.39 is 6.10 Å². The highest BCUT2D eigenvalue weighted by molar-refractivity contribution is 5.97. The minimum atomic E-state index is -0.583. The van der Waals surface area contributed by atoms with Crippen LogP contribution in [0.5, 0.6) is 5.75 Å². The van der Waals surface area contributed by atoms with Crippen LogP contribution in [0.15, 0.2) is 48.8 Å². The lowest BCUT2D eigenvalue weighted by Crippen LogP contribution is -2.43. The zero-order valence-corrected chi connectivity index (χ0v) is 18.9. The molecule has 1 atom stereocenters. The second-order valence-corrected chi connectivity index (χ2v) is 8.56. The molecule has 0 spiro atoms.